The lowest BCUT2D eigenvalue weighted by atomic mass is 10.1. The van der Waals surface area contributed by atoms with Gasteiger partial charge in [0.05, 0.1) is 0 Å². The maximum atomic E-state index is 12.5. The topological polar surface area (TPSA) is 88.3 Å². The average Bonchev–Trinajstić information content (AvgIpc) is 3.14. The molecule has 1 aliphatic rings. The molecule has 2 heterocycles. The van der Waals surface area contributed by atoms with Gasteiger partial charge in [-0.05, 0) is 38.5 Å². The third kappa shape index (κ3) is 3.15. The van der Waals surface area contributed by atoms with Gasteiger partial charge in [-0.2, -0.15) is 0 Å². The summed E-state index contributed by atoms with van der Waals surface area (Å²) in [4.78, 5) is 26.5. The van der Waals surface area contributed by atoms with E-state index in [1.54, 1.807) is 36.1 Å². The summed E-state index contributed by atoms with van der Waals surface area (Å²) in [7, 11) is 0. The molecule has 1 unspecified atom stereocenters. The first-order valence-corrected chi connectivity index (χ1v) is 7.97. The minimum Gasteiger partial charge on any atom is -0.421 e. The van der Waals surface area contributed by atoms with Crippen molar-refractivity contribution in [1.82, 2.24) is 20.4 Å². The maximum absolute atomic E-state index is 12.5. The molecule has 126 valence electrons. The van der Waals surface area contributed by atoms with E-state index >= 15 is 0 Å². The lowest BCUT2D eigenvalue weighted by molar-refractivity contribution is -0.130. The second-order valence-electron chi connectivity index (χ2n) is 6.15. The molecule has 24 heavy (non-hydrogen) atoms. The number of aryl methyl sites for hydroxylation is 1. The summed E-state index contributed by atoms with van der Waals surface area (Å²) in [6.07, 6.45) is 0.630. The molecule has 7 nitrogen and oxygen atoms in total. The molecule has 7 heteroatoms. The molecule has 1 aromatic carbocycles. The van der Waals surface area contributed by atoms with Crippen LogP contribution in [0.2, 0.25) is 0 Å². The fourth-order valence-electron chi connectivity index (χ4n) is 2.80. The number of aromatic nitrogens is 2. The predicted octanol–water partition coefficient (Wildman–Crippen LogP) is 1.78. The quantitative estimate of drug-likeness (QED) is 0.924. The van der Waals surface area contributed by atoms with Crippen molar-refractivity contribution in [1.29, 1.82) is 0 Å². The van der Waals surface area contributed by atoms with E-state index < -0.39 is 6.04 Å². The van der Waals surface area contributed by atoms with Crippen molar-refractivity contribution in [2.45, 2.75) is 39.3 Å². The van der Waals surface area contributed by atoms with Crippen LogP contribution in [-0.4, -0.2) is 45.5 Å². The Morgan fingerprint density at radius 3 is 2.79 bits per heavy atom. The molecule has 1 atom stereocenters. The van der Waals surface area contributed by atoms with Crippen molar-refractivity contribution in [3.8, 4) is 11.5 Å². The van der Waals surface area contributed by atoms with E-state index in [0.717, 1.165) is 0 Å². The first-order valence-electron chi connectivity index (χ1n) is 7.97. The zero-order chi connectivity index (χ0) is 17.3. The summed E-state index contributed by atoms with van der Waals surface area (Å²) in [5.74, 6) is 0.523. The number of amides is 2. The first kappa shape index (κ1) is 16.2. The zero-order valence-corrected chi connectivity index (χ0v) is 13.9. The average molecular weight is 328 g/mol. The minimum atomic E-state index is -0.464. The summed E-state index contributed by atoms with van der Waals surface area (Å²) < 4.78 is 5.38. The van der Waals surface area contributed by atoms with Crippen molar-refractivity contribution in [2.75, 3.05) is 6.54 Å². The van der Waals surface area contributed by atoms with Gasteiger partial charge in [-0.1, -0.05) is 6.07 Å². The van der Waals surface area contributed by atoms with E-state index in [1.165, 1.54) is 0 Å². The van der Waals surface area contributed by atoms with Gasteiger partial charge in [0.25, 0.3) is 5.91 Å². The van der Waals surface area contributed by atoms with Crippen molar-refractivity contribution in [3.63, 3.8) is 0 Å². The summed E-state index contributed by atoms with van der Waals surface area (Å²) in [6, 6.07) is 6.60. The molecule has 0 bridgehead atoms. The third-order valence-electron chi connectivity index (χ3n) is 4.07. The Bertz CT molecular complexity index is 769. The zero-order valence-electron chi connectivity index (χ0n) is 13.9. The molecule has 2 amide bonds. The fraction of sp³-hybridized carbons (Fsp3) is 0.412. The Hall–Kier alpha value is -2.70. The van der Waals surface area contributed by atoms with Gasteiger partial charge in [-0.3, -0.25) is 9.59 Å². The molecule has 3 rings (SSSR count). The highest BCUT2D eigenvalue weighted by Crippen LogP contribution is 2.20. The van der Waals surface area contributed by atoms with Crippen LogP contribution < -0.4 is 5.32 Å². The summed E-state index contributed by atoms with van der Waals surface area (Å²) in [5.41, 5.74) is 1.13. The van der Waals surface area contributed by atoms with E-state index in [4.69, 9.17) is 4.42 Å². The molecule has 2 aromatic rings. The van der Waals surface area contributed by atoms with Gasteiger partial charge < -0.3 is 14.6 Å². The number of hydrogen-bond acceptors (Lipinski definition) is 5. The Labute approximate surface area is 140 Å². The number of hydrogen-bond donors (Lipinski definition) is 1. The highest BCUT2D eigenvalue weighted by atomic mass is 16.4. The lowest BCUT2D eigenvalue weighted by Crippen LogP contribution is -2.43. The highest BCUT2D eigenvalue weighted by molar-refractivity contribution is 5.98. The standard InChI is InChI=1S/C17H20N4O3/c1-10(2)21-8-7-14(17(21)23)18-15(22)12-5-4-6-13(9-12)16-20-19-11(3)24-16/h4-6,9-10,14H,7-8H2,1-3H3,(H,18,22). The molecule has 0 saturated carbocycles. The molecular weight excluding hydrogens is 308 g/mol. The molecule has 1 N–H and O–H groups in total. The van der Waals surface area contributed by atoms with Gasteiger partial charge >= 0.3 is 0 Å². The second kappa shape index (κ2) is 6.43. The van der Waals surface area contributed by atoms with Gasteiger partial charge in [0.15, 0.2) is 0 Å². The Morgan fingerprint density at radius 2 is 2.17 bits per heavy atom. The van der Waals surface area contributed by atoms with Gasteiger partial charge in [-0.25, -0.2) is 0 Å². The molecule has 1 aliphatic heterocycles. The fourth-order valence-corrected chi connectivity index (χ4v) is 2.80. The molecule has 0 spiro atoms. The summed E-state index contributed by atoms with van der Waals surface area (Å²) in [6.45, 7) is 6.32. The Kier molecular flexibility index (Phi) is 4.33. The Morgan fingerprint density at radius 1 is 1.38 bits per heavy atom. The van der Waals surface area contributed by atoms with Gasteiger partial charge in [-0.15, -0.1) is 10.2 Å². The van der Waals surface area contributed by atoms with Crippen LogP contribution in [0.4, 0.5) is 0 Å². The van der Waals surface area contributed by atoms with Crippen LogP contribution >= 0.6 is 0 Å². The molecule has 1 saturated heterocycles. The molecular formula is C17H20N4O3. The van der Waals surface area contributed by atoms with Crippen molar-refractivity contribution in [2.24, 2.45) is 0 Å². The van der Waals surface area contributed by atoms with Crippen molar-refractivity contribution >= 4 is 11.8 Å². The van der Waals surface area contributed by atoms with Crippen LogP contribution in [0.1, 0.15) is 36.5 Å². The highest BCUT2D eigenvalue weighted by Gasteiger charge is 2.34. The number of nitrogens with zero attached hydrogens (tertiary/aromatic N) is 3. The Balaban J connectivity index is 1.73. The number of benzene rings is 1. The van der Waals surface area contributed by atoms with Crippen LogP contribution in [0.15, 0.2) is 28.7 Å². The first-order chi connectivity index (χ1) is 11.5. The van der Waals surface area contributed by atoms with Crippen LogP contribution in [-0.2, 0) is 4.79 Å². The van der Waals surface area contributed by atoms with Crippen LogP contribution in [0.25, 0.3) is 11.5 Å². The second-order valence-corrected chi connectivity index (χ2v) is 6.15. The number of carbonyl (C=O) groups is 2. The normalized spacial score (nSPS) is 17.6. The van der Waals surface area contributed by atoms with E-state index in [1.807, 2.05) is 13.8 Å². The van der Waals surface area contributed by atoms with Gasteiger partial charge in [0.1, 0.15) is 6.04 Å². The molecule has 0 radical (unpaired) electrons. The largest absolute Gasteiger partial charge is 0.421 e. The number of rotatable bonds is 4. The SMILES string of the molecule is Cc1nnc(-c2cccc(C(=O)NC3CCN(C(C)C)C3=O)c2)o1. The van der Waals surface area contributed by atoms with E-state index in [0.29, 0.717) is 35.9 Å². The third-order valence-corrected chi connectivity index (χ3v) is 4.07. The van der Waals surface area contributed by atoms with Crippen LogP contribution in [0.5, 0.6) is 0 Å². The monoisotopic (exact) mass is 328 g/mol. The van der Waals surface area contributed by atoms with E-state index in [2.05, 4.69) is 15.5 Å². The van der Waals surface area contributed by atoms with Crippen LogP contribution in [0, 0.1) is 6.92 Å². The van der Waals surface area contributed by atoms with Crippen molar-refractivity contribution < 1.29 is 14.0 Å². The smallest absolute Gasteiger partial charge is 0.251 e. The lowest BCUT2D eigenvalue weighted by Gasteiger charge is -2.21. The minimum absolute atomic E-state index is 0.0259. The number of carbonyl (C=O) groups excluding carboxylic acids is 2. The van der Waals surface area contributed by atoms with Gasteiger partial charge in [0.2, 0.25) is 17.7 Å². The van der Waals surface area contributed by atoms with E-state index in [-0.39, 0.29) is 17.9 Å². The number of likely N-dealkylation sites (tertiary alicyclic amines) is 1. The predicted molar refractivity (Wildman–Crippen MR) is 87.2 cm³/mol. The van der Waals surface area contributed by atoms with Crippen molar-refractivity contribution in [3.05, 3.63) is 35.7 Å². The number of nitrogens with one attached hydrogen (secondary N) is 1. The molecule has 1 aromatic heterocycles. The van der Waals surface area contributed by atoms with Crippen LogP contribution in [0.3, 0.4) is 0 Å². The summed E-state index contributed by atoms with van der Waals surface area (Å²) in [5, 5.41) is 10.6. The molecule has 0 aliphatic carbocycles. The van der Waals surface area contributed by atoms with Gasteiger partial charge in [0, 0.05) is 30.6 Å². The maximum Gasteiger partial charge on any atom is 0.251 e. The van der Waals surface area contributed by atoms with E-state index in [9.17, 15) is 9.59 Å². The molecule has 1 fully saturated rings. The summed E-state index contributed by atoms with van der Waals surface area (Å²) >= 11 is 0.